The van der Waals surface area contributed by atoms with Crippen LogP contribution in [0.15, 0.2) is 30.6 Å². The third kappa shape index (κ3) is 7.47. The number of aryl methyl sites for hydroxylation is 1. The molecule has 1 N–H and O–H groups in total. The molecule has 0 saturated carbocycles. The first kappa shape index (κ1) is 34.6. The van der Waals surface area contributed by atoms with Gasteiger partial charge < -0.3 is 9.88 Å². The summed E-state index contributed by atoms with van der Waals surface area (Å²) in [6.07, 6.45) is -0.826. The van der Waals surface area contributed by atoms with Crippen LogP contribution < -0.4 is 5.32 Å². The fraction of sp³-hybridized carbons (Fsp3) is 0.545. The second-order valence-electron chi connectivity index (χ2n) is 13.2. The SMILES string of the molecule is Cc1c(CN2CCC(Nc3ncnc4sc(CC(F)(F)F)cc34)CC2)ccc2c1cc(C#N)n2CCN1C(C)CN(S(C)(=O)=O)CC1C. The molecule has 2 atom stereocenters. The number of sulfonamides is 1. The highest BCUT2D eigenvalue weighted by Crippen LogP contribution is 2.34. The Morgan fingerprint density at radius 2 is 1.77 bits per heavy atom. The Hall–Kier alpha value is -3.29. The van der Waals surface area contributed by atoms with Crippen molar-refractivity contribution in [2.75, 3.05) is 44.3 Å². The first-order chi connectivity index (χ1) is 22.7. The summed E-state index contributed by atoms with van der Waals surface area (Å²) in [5.41, 5.74) is 4.00. The van der Waals surface area contributed by atoms with Gasteiger partial charge >= 0.3 is 6.18 Å². The summed E-state index contributed by atoms with van der Waals surface area (Å²) in [6.45, 7) is 11.0. The second kappa shape index (κ2) is 13.5. The van der Waals surface area contributed by atoms with E-state index < -0.39 is 22.6 Å². The standard InChI is InChI=1S/C33H41F3N8O2S2/c1-21-17-42(48(4,45)46)18-22(2)43(21)11-12-44-26(16-37)13-28-23(3)24(5-6-30(28)44)19-41-9-7-25(8-10-41)40-31-29-14-27(15-33(34,35)36)47-32(29)39-20-38-31/h5-6,13-14,20-22,25H,7-12,15,17-19H2,1-4H3,(H,38,39,40). The smallest absolute Gasteiger partial charge is 0.367 e. The molecule has 0 spiro atoms. The molecule has 1 aromatic carbocycles. The van der Waals surface area contributed by atoms with Gasteiger partial charge in [-0.2, -0.15) is 22.7 Å². The number of piperazine rings is 1. The predicted octanol–water partition coefficient (Wildman–Crippen LogP) is 5.36. The van der Waals surface area contributed by atoms with Gasteiger partial charge in [0.25, 0.3) is 0 Å². The molecule has 0 radical (unpaired) electrons. The van der Waals surface area contributed by atoms with Crippen molar-refractivity contribution in [3.8, 4) is 6.07 Å². The number of alkyl halides is 3. The second-order valence-corrected chi connectivity index (χ2v) is 16.3. The molecule has 3 aromatic heterocycles. The molecule has 0 aliphatic carbocycles. The Kier molecular flexibility index (Phi) is 9.76. The highest BCUT2D eigenvalue weighted by Gasteiger charge is 2.33. The van der Waals surface area contributed by atoms with Gasteiger partial charge in [0.2, 0.25) is 10.0 Å². The van der Waals surface area contributed by atoms with E-state index in [0.29, 0.717) is 47.9 Å². The van der Waals surface area contributed by atoms with Gasteiger partial charge in [0.1, 0.15) is 28.7 Å². The highest BCUT2D eigenvalue weighted by molar-refractivity contribution is 7.88. The van der Waals surface area contributed by atoms with Gasteiger partial charge in [0.05, 0.1) is 18.1 Å². The lowest BCUT2D eigenvalue weighted by Gasteiger charge is -2.43. The van der Waals surface area contributed by atoms with E-state index >= 15 is 0 Å². The summed E-state index contributed by atoms with van der Waals surface area (Å²) in [5, 5.41) is 15.2. The molecule has 2 fully saturated rings. The van der Waals surface area contributed by atoms with E-state index in [0.717, 1.165) is 60.3 Å². The number of fused-ring (bicyclic) bond motifs is 2. The number of halogens is 3. The molecule has 0 bridgehead atoms. The number of anilines is 1. The Morgan fingerprint density at radius 1 is 1.06 bits per heavy atom. The van der Waals surface area contributed by atoms with Crippen LogP contribution in [0.25, 0.3) is 21.1 Å². The fourth-order valence-corrected chi connectivity index (χ4v) is 9.24. The molecule has 2 unspecified atom stereocenters. The van der Waals surface area contributed by atoms with E-state index in [1.165, 1.54) is 18.1 Å². The van der Waals surface area contributed by atoms with Crippen LogP contribution in [-0.4, -0.2) is 100 Å². The van der Waals surface area contributed by atoms with Crippen LogP contribution in [0.1, 0.15) is 48.4 Å². The number of hydrogen-bond donors (Lipinski definition) is 1. The molecule has 10 nitrogen and oxygen atoms in total. The van der Waals surface area contributed by atoms with E-state index in [2.05, 4.69) is 68.6 Å². The monoisotopic (exact) mass is 702 g/mol. The normalized spacial score (nSPS) is 20.9. The number of likely N-dealkylation sites (tertiary alicyclic amines) is 1. The van der Waals surface area contributed by atoms with E-state index in [1.807, 2.05) is 6.07 Å². The lowest BCUT2D eigenvalue weighted by Crippen LogP contribution is -2.58. The molecule has 5 heterocycles. The molecule has 2 saturated heterocycles. The Bertz CT molecular complexity index is 1930. The summed E-state index contributed by atoms with van der Waals surface area (Å²) in [6, 6.07) is 10.5. The van der Waals surface area contributed by atoms with Crippen molar-refractivity contribution < 1.29 is 21.6 Å². The first-order valence-electron chi connectivity index (χ1n) is 16.2. The van der Waals surface area contributed by atoms with Gasteiger partial charge in [-0.25, -0.2) is 18.4 Å². The minimum absolute atomic E-state index is 0.0669. The largest absolute Gasteiger partial charge is 0.393 e. The number of piperidine rings is 1. The molecular weight excluding hydrogens is 662 g/mol. The van der Waals surface area contributed by atoms with Gasteiger partial charge in [-0.15, -0.1) is 11.3 Å². The Morgan fingerprint density at radius 3 is 2.42 bits per heavy atom. The minimum atomic E-state index is -4.27. The van der Waals surface area contributed by atoms with Gasteiger partial charge in [-0.3, -0.25) is 9.80 Å². The number of nitrogens with zero attached hydrogens (tertiary/aromatic N) is 7. The topological polar surface area (TPSA) is 110 Å². The third-order valence-electron chi connectivity index (χ3n) is 9.78. The Balaban J connectivity index is 1.09. The van der Waals surface area contributed by atoms with Crippen LogP contribution >= 0.6 is 11.3 Å². The van der Waals surface area contributed by atoms with Crippen LogP contribution in [0, 0.1) is 18.3 Å². The van der Waals surface area contributed by atoms with Crippen LogP contribution in [0.2, 0.25) is 0 Å². The number of aromatic nitrogens is 3. The van der Waals surface area contributed by atoms with Crippen LogP contribution in [0.3, 0.4) is 0 Å². The zero-order chi connectivity index (χ0) is 34.4. The molecule has 0 amide bonds. The minimum Gasteiger partial charge on any atom is -0.367 e. The number of nitriles is 1. The molecule has 15 heteroatoms. The van der Waals surface area contributed by atoms with Gasteiger partial charge in [0, 0.05) is 79.7 Å². The number of hydrogen-bond acceptors (Lipinski definition) is 9. The van der Waals surface area contributed by atoms with E-state index in [9.17, 15) is 26.9 Å². The van der Waals surface area contributed by atoms with Crippen molar-refractivity contribution in [1.82, 2.24) is 28.6 Å². The summed E-state index contributed by atoms with van der Waals surface area (Å²) < 4.78 is 66.7. The van der Waals surface area contributed by atoms with Crippen LogP contribution in [-0.2, 0) is 29.5 Å². The van der Waals surface area contributed by atoms with Crippen LogP contribution in [0.5, 0.6) is 0 Å². The van der Waals surface area contributed by atoms with Crippen LogP contribution in [0.4, 0.5) is 19.0 Å². The third-order valence-corrected chi connectivity index (χ3v) is 12.1. The van der Waals surface area contributed by atoms with Crippen molar-refractivity contribution in [3.05, 3.63) is 52.3 Å². The molecule has 2 aliphatic rings. The lowest BCUT2D eigenvalue weighted by atomic mass is 10.0. The molecule has 258 valence electrons. The van der Waals surface area contributed by atoms with Crippen molar-refractivity contribution in [2.45, 2.75) is 77.4 Å². The van der Waals surface area contributed by atoms with Crippen molar-refractivity contribution in [1.29, 1.82) is 5.26 Å². The van der Waals surface area contributed by atoms with Crippen molar-refractivity contribution in [2.24, 2.45) is 0 Å². The van der Waals surface area contributed by atoms with E-state index in [4.69, 9.17) is 0 Å². The maximum absolute atomic E-state index is 12.9. The average Bonchev–Trinajstić information content (AvgIpc) is 3.59. The zero-order valence-corrected chi connectivity index (χ0v) is 29.2. The average molecular weight is 703 g/mol. The maximum atomic E-state index is 12.9. The zero-order valence-electron chi connectivity index (χ0n) is 27.6. The summed E-state index contributed by atoms with van der Waals surface area (Å²) in [4.78, 5) is 14.1. The molecule has 4 aromatic rings. The van der Waals surface area contributed by atoms with Crippen molar-refractivity contribution in [3.63, 3.8) is 0 Å². The van der Waals surface area contributed by atoms with E-state index in [1.54, 1.807) is 10.4 Å². The molecule has 48 heavy (non-hydrogen) atoms. The number of nitrogens with one attached hydrogen (secondary N) is 1. The molecule has 6 rings (SSSR count). The number of thiophene rings is 1. The Labute approximate surface area is 283 Å². The molecular formula is C33H41F3N8O2S2. The highest BCUT2D eigenvalue weighted by atomic mass is 32.2. The predicted molar refractivity (Wildman–Crippen MR) is 183 cm³/mol. The van der Waals surface area contributed by atoms with Gasteiger partial charge in [-0.05, 0) is 62.9 Å². The quantitative estimate of drug-likeness (QED) is 0.248. The molecule has 2 aliphatic heterocycles. The number of benzene rings is 1. The lowest BCUT2D eigenvalue weighted by molar-refractivity contribution is -0.126. The summed E-state index contributed by atoms with van der Waals surface area (Å²) in [5.74, 6) is 0.585. The first-order valence-corrected chi connectivity index (χ1v) is 18.9. The maximum Gasteiger partial charge on any atom is 0.393 e. The van der Waals surface area contributed by atoms with Gasteiger partial charge in [-0.1, -0.05) is 6.07 Å². The summed E-state index contributed by atoms with van der Waals surface area (Å²) >= 11 is 1.06. The number of rotatable bonds is 9. The summed E-state index contributed by atoms with van der Waals surface area (Å²) in [7, 11) is -3.24. The fourth-order valence-electron chi connectivity index (χ4n) is 7.24. The van der Waals surface area contributed by atoms with Gasteiger partial charge in [0.15, 0.2) is 0 Å². The van der Waals surface area contributed by atoms with Crippen molar-refractivity contribution >= 4 is 48.3 Å². The van der Waals surface area contributed by atoms with E-state index in [-0.39, 0.29) is 23.0 Å².